The van der Waals surface area contributed by atoms with E-state index in [0.29, 0.717) is 18.9 Å². The number of sulfonamides is 1. The fourth-order valence-electron chi connectivity index (χ4n) is 6.88. The molecule has 0 radical (unpaired) electrons. The van der Waals surface area contributed by atoms with E-state index in [9.17, 15) is 23.3 Å². The number of pyridine rings is 1. The lowest BCUT2D eigenvalue weighted by Crippen LogP contribution is -2.46. The second-order valence-corrected chi connectivity index (χ2v) is 16.3. The Hall–Kier alpha value is -5.96. The molecule has 2 N–H and O–H groups in total. The second-order valence-electron chi connectivity index (χ2n) is 13.4. The van der Waals surface area contributed by atoms with Crippen molar-refractivity contribution in [3.8, 4) is 16.9 Å². The highest BCUT2D eigenvalue weighted by Gasteiger charge is 2.25. The van der Waals surface area contributed by atoms with Gasteiger partial charge in [-0.15, -0.1) is 11.8 Å². The fraction of sp³-hybridized carbons (Fsp3) is 0.209. The highest BCUT2D eigenvalue weighted by atomic mass is 32.2. The van der Waals surface area contributed by atoms with Gasteiger partial charge in [0.25, 0.3) is 21.6 Å². The Bertz CT molecular complexity index is 2480. The van der Waals surface area contributed by atoms with Crippen LogP contribution < -0.4 is 19.7 Å². The summed E-state index contributed by atoms with van der Waals surface area (Å²) >= 11 is 1.59. The summed E-state index contributed by atoms with van der Waals surface area (Å²) in [5.74, 6) is 0.563. The Kier molecular flexibility index (Phi) is 12.3. The van der Waals surface area contributed by atoms with Gasteiger partial charge in [-0.2, -0.15) is 0 Å². The van der Waals surface area contributed by atoms with Crippen LogP contribution in [0.25, 0.3) is 21.9 Å². The molecular formula is C43H42N6O6S2. The van der Waals surface area contributed by atoms with E-state index in [-0.39, 0.29) is 16.1 Å². The molecule has 2 heterocycles. The maximum absolute atomic E-state index is 13.2. The van der Waals surface area contributed by atoms with E-state index in [1.54, 1.807) is 42.2 Å². The molecule has 1 aliphatic rings. The molecule has 1 saturated heterocycles. The zero-order valence-corrected chi connectivity index (χ0v) is 33.0. The molecule has 6 aromatic rings. The molecule has 5 aromatic carbocycles. The number of piperazine rings is 1. The predicted octanol–water partition coefficient (Wildman–Crippen LogP) is 7.85. The van der Waals surface area contributed by atoms with Crippen LogP contribution in [0.2, 0.25) is 0 Å². The smallest absolute Gasteiger partial charge is 0.293 e. The summed E-state index contributed by atoms with van der Waals surface area (Å²) in [6.45, 7) is 6.99. The second kappa shape index (κ2) is 17.9. The van der Waals surface area contributed by atoms with Crippen molar-refractivity contribution in [3.63, 3.8) is 0 Å². The Morgan fingerprint density at radius 1 is 0.877 bits per heavy atom. The van der Waals surface area contributed by atoms with Crippen LogP contribution in [0.4, 0.5) is 17.1 Å². The summed E-state index contributed by atoms with van der Waals surface area (Å²) in [5, 5.41) is 17.2. The normalized spacial score (nSPS) is 13.3. The van der Waals surface area contributed by atoms with E-state index in [4.69, 9.17) is 4.74 Å². The number of nitrogens with one attached hydrogen (secondary N) is 2. The number of thioether (sulfide) groups is 1. The molecule has 0 spiro atoms. The van der Waals surface area contributed by atoms with Crippen LogP contribution >= 0.6 is 11.8 Å². The maximum Gasteiger partial charge on any atom is 0.293 e. The number of nitro groups is 1. The number of carbonyl (C=O) groups excluding carboxylic acids is 1. The lowest BCUT2D eigenvalue weighted by molar-refractivity contribution is -0.384. The van der Waals surface area contributed by atoms with Crippen LogP contribution in [0, 0.1) is 10.1 Å². The van der Waals surface area contributed by atoms with Crippen molar-refractivity contribution < 1.29 is 22.9 Å². The summed E-state index contributed by atoms with van der Waals surface area (Å²) in [7, 11) is -4.40. The van der Waals surface area contributed by atoms with Crippen molar-refractivity contribution in [1.29, 1.82) is 0 Å². The molecule has 292 valence electrons. The number of hydrogen-bond donors (Lipinski definition) is 2. The third-order valence-corrected chi connectivity index (χ3v) is 12.1. The van der Waals surface area contributed by atoms with Gasteiger partial charge in [0.15, 0.2) is 0 Å². The number of nitro benzene ring substituents is 1. The molecule has 1 aromatic heterocycles. The van der Waals surface area contributed by atoms with Gasteiger partial charge in [0.1, 0.15) is 11.4 Å². The van der Waals surface area contributed by atoms with Gasteiger partial charge < -0.3 is 15.0 Å². The monoisotopic (exact) mass is 802 g/mol. The van der Waals surface area contributed by atoms with Gasteiger partial charge in [-0.25, -0.2) is 13.1 Å². The third-order valence-electron chi connectivity index (χ3n) is 9.74. The van der Waals surface area contributed by atoms with E-state index in [1.165, 1.54) is 23.1 Å². The molecule has 0 saturated carbocycles. The Morgan fingerprint density at radius 2 is 1.61 bits per heavy atom. The number of hydrogen-bond acceptors (Lipinski definition) is 11. The molecule has 12 nitrogen and oxygen atoms in total. The van der Waals surface area contributed by atoms with Crippen molar-refractivity contribution in [1.82, 2.24) is 14.6 Å². The number of rotatable bonds is 15. The standard InChI is InChI=1S/C43H42N6O6S2/c1-2-55-35-26-33(28-44-29-35)39-18-14-32(38-10-6-7-11-40(38)39)30-47-21-23-48(24-22-47)34-15-12-31(13-16-34)43(50)46-57(53,54)37-17-19-41(42(27-37)49(51)52)45-20-25-56-36-8-4-3-5-9-36/h3-19,26-29,45H,2,20-25,30H2,1H3,(H,46,50). The minimum absolute atomic E-state index is 0.153. The number of benzene rings is 5. The van der Waals surface area contributed by atoms with Crippen molar-refractivity contribution in [2.45, 2.75) is 23.3 Å². The maximum atomic E-state index is 13.2. The lowest BCUT2D eigenvalue weighted by atomic mass is 9.95. The molecule has 57 heavy (non-hydrogen) atoms. The number of anilines is 2. The molecule has 1 fully saturated rings. The van der Waals surface area contributed by atoms with Crippen LogP contribution in [0.1, 0.15) is 22.8 Å². The molecular weight excluding hydrogens is 761 g/mol. The van der Waals surface area contributed by atoms with Gasteiger partial charge in [0, 0.05) is 79.0 Å². The molecule has 0 unspecified atom stereocenters. The lowest BCUT2D eigenvalue weighted by Gasteiger charge is -2.36. The van der Waals surface area contributed by atoms with E-state index in [0.717, 1.165) is 71.6 Å². The molecule has 14 heteroatoms. The molecule has 0 bridgehead atoms. The number of amides is 1. The van der Waals surface area contributed by atoms with Gasteiger partial charge >= 0.3 is 0 Å². The summed E-state index contributed by atoms with van der Waals surface area (Å²) < 4.78 is 34.1. The van der Waals surface area contributed by atoms with Gasteiger partial charge in [-0.1, -0.05) is 54.6 Å². The number of ether oxygens (including phenoxy) is 1. The SMILES string of the molecule is CCOc1cncc(-c2ccc(CN3CCN(c4ccc(C(=O)NS(=O)(=O)c5ccc(NCCSc6ccccc6)c([N+](=O)[O-])c5)cc4)CC3)c3ccccc23)c1. The molecule has 7 rings (SSSR count). The van der Waals surface area contributed by atoms with Crippen LogP contribution in [0.5, 0.6) is 5.75 Å². The summed E-state index contributed by atoms with van der Waals surface area (Å²) in [6.07, 6.45) is 3.60. The zero-order valence-electron chi connectivity index (χ0n) is 31.3. The van der Waals surface area contributed by atoms with E-state index < -0.39 is 26.5 Å². The Labute approximate surface area is 336 Å². The van der Waals surface area contributed by atoms with Crippen LogP contribution in [-0.4, -0.2) is 74.2 Å². The Balaban J connectivity index is 0.940. The molecule has 0 aliphatic carbocycles. The average molecular weight is 803 g/mol. The number of carbonyl (C=O) groups is 1. The molecule has 1 aliphatic heterocycles. The van der Waals surface area contributed by atoms with Gasteiger partial charge in [-0.3, -0.25) is 24.8 Å². The van der Waals surface area contributed by atoms with Gasteiger partial charge in [-0.05, 0) is 83.4 Å². The van der Waals surface area contributed by atoms with Crippen LogP contribution in [-0.2, 0) is 16.6 Å². The number of fused-ring (bicyclic) bond motifs is 1. The number of nitrogens with zero attached hydrogens (tertiary/aromatic N) is 4. The van der Waals surface area contributed by atoms with Crippen molar-refractivity contribution in [2.24, 2.45) is 0 Å². The average Bonchev–Trinajstić information content (AvgIpc) is 3.23. The van der Waals surface area contributed by atoms with E-state index in [2.05, 4.69) is 61.2 Å². The first kappa shape index (κ1) is 39.3. The van der Waals surface area contributed by atoms with E-state index >= 15 is 0 Å². The van der Waals surface area contributed by atoms with Crippen molar-refractivity contribution in [2.75, 3.05) is 55.3 Å². The third kappa shape index (κ3) is 9.54. The van der Waals surface area contributed by atoms with Crippen LogP contribution in [0.3, 0.4) is 0 Å². The fourth-order valence-corrected chi connectivity index (χ4v) is 8.67. The van der Waals surface area contributed by atoms with Gasteiger partial charge in [0.2, 0.25) is 0 Å². The Morgan fingerprint density at radius 3 is 2.35 bits per heavy atom. The summed E-state index contributed by atoms with van der Waals surface area (Å²) in [4.78, 5) is 34.1. The van der Waals surface area contributed by atoms with Crippen molar-refractivity contribution in [3.05, 3.63) is 149 Å². The summed E-state index contributed by atoms with van der Waals surface area (Å²) in [6, 6.07) is 34.9. The molecule has 1 amide bonds. The highest BCUT2D eigenvalue weighted by molar-refractivity contribution is 7.99. The topological polar surface area (TPSA) is 147 Å². The molecule has 0 atom stereocenters. The first-order valence-corrected chi connectivity index (χ1v) is 21.1. The largest absolute Gasteiger partial charge is 0.492 e. The van der Waals surface area contributed by atoms with Crippen molar-refractivity contribution >= 4 is 55.5 Å². The highest BCUT2D eigenvalue weighted by Crippen LogP contribution is 2.33. The van der Waals surface area contributed by atoms with Crippen LogP contribution in [0.15, 0.2) is 137 Å². The first-order chi connectivity index (χ1) is 27.7. The van der Waals surface area contributed by atoms with E-state index in [1.807, 2.05) is 49.5 Å². The minimum atomic E-state index is -4.40. The first-order valence-electron chi connectivity index (χ1n) is 18.6. The quantitative estimate of drug-likeness (QED) is 0.0453. The minimum Gasteiger partial charge on any atom is -0.492 e. The number of aromatic nitrogens is 1. The van der Waals surface area contributed by atoms with Gasteiger partial charge in [0.05, 0.1) is 22.6 Å². The summed E-state index contributed by atoms with van der Waals surface area (Å²) in [5.41, 5.74) is 4.24. The predicted molar refractivity (Wildman–Crippen MR) is 226 cm³/mol. The zero-order chi connectivity index (χ0) is 39.8.